The van der Waals surface area contributed by atoms with Crippen LogP contribution in [0.4, 0.5) is 24.8 Å². The van der Waals surface area contributed by atoms with Crippen LogP contribution in [-0.2, 0) is 12.7 Å². The zero-order valence-corrected chi connectivity index (χ0v) is 21.3. The molecule has 1 fully saturated rings. The van der Waals surface area contributed by atoms with Crippen LogP contribution in [0.25, 0.3) is 0 Å². The molecule has 1 aliphatic heterocycles. The van der Waals surface area contributed by atoms with Gasteiger partial charge in [0.25, 0.3) is 5.91 Å². The number of likely N-dealkylation sites (tertiary alicyclic amines) is 1. The number of aryl methyl sites for hydroxylation is 1. The van der Waals surface area contributed by atoms with Gasteiger partial charge in [0.1, 0.15) is 0 Å². The van der Waals surface area contributed by atoms with Gasteiger partial charge in [0.15, 0.2) is 0 Å². The Hall–Kier alpha value is -4.01. The first-order chi connectivity index (χ1) is 18.0. The Bertz CT molecular complexity index is 1380. The maximum Gasteiger partial charge on any atom is 0.416 e. The van der Waals surface area contributed by atoms with Gasteiger partial charge in [-0.25, -0.2) is 9.97 Å². The van der Waals surface area contributed by atoms with Gasteiger partial charge in [-0.3, -0.25) is 14.7 Å². The van der Waals surface area contributed by atoms with Crippen molar-refractivity contribution in [2.24, 2.45) is 0 Å². The van der Waals surface area contributed by atoms with E-state index in [-0.39, 0.29) is 29.3 Å². The fraction of sp³-hybridized carbons (Fsp3) is 0.333. The molecule has 1 amide bonds. The number of pyridine rings is 1. The zero-order valence-electron chi connectivity index (χ0n) is 21.3. The molecule has 0 spiro atoms. The van der Waals surface area contributed by atoms with Gasteiger partial charge in [-0.15, -0.1) is 0 Å². The van der Waals surface area contributed by atoms with Crippen LogP contribution in [-0.4, -0.2) is 63.9 Å². The first kappa shape index (κ1) is 27.0. The van der Waals surface area contributed by atoms with E-state index in [2.05, 4.69) is 37.0 Å². The van der Waals surface area contributed by atoms with Gasteiger partial charge < -0.3 is 16.0 Å². The number of halogens is 3. The second-order valence-electron chi connectivity index (χ2n) is 9.40. The number of amides is 1. The van der Waals surface area contributed by atoms with E-state index >= 15 is 0 Å². The van der Waals surface area contributed by atoms with E-state index in [1.807, 2.05) is 19.0 Å². The number of nitrogen functional groups attached to an aromatic ring is 1. The van der Waals surface area contributed by atoms with E-state index < -0.39 is 17.6 Å². The van der Waals surface area contributed by atoms with E-state index in [0.29, 0.717) is 29.4 Å². The highest BCUT2D eigenvalue weighted by Crippen LogP contribution is 2.35. The molecule has 2 aromatic heterocycles. The van der Waals surface area contributed by atoms with Gasteiger partial charge in [0, 0.05) is 55.5 Å². The first-order valence-corrected chi connectivity index (χ1v) is 12.0. The van der Waals surface area contributed by atoms with Crippen LogP contribution in [0.15, 0.2) is 42.9 Å². The molecular weight excluding hydrogens is 495 g/mol. The third-order valence-electron chi connectivity index (χ3n) is 6.41. The number of carbonyl (C=O) groups excluding carboxylic acids is 1. The maximum absolute atomic E-state index is 13.9. The summed E-state index contributed by atoms with van der Waals surface area (Å²) in [4.78, 5) is 29.0. The number of hydrogen-bond donors (Lipinski definition) is 2. The van der Waals surface area contributed by atoms with Gasteiger partial charge >= 0.3 is 6.18 Å². The van der Waals surface area contributed by atoms with Gasteiger partial charge in [-0.2, -0.15) is 13.2 Å². The quantitative estimate of drug-likeness (QED) is 0.493. The Morgan fingerprint density at radius 3 is 2.55 bits per heavy atom. The number of nitrogens with zero attached hydrogens (tertiary/aromatic N) is 5. The minimum atomic E-state index is -4.56. The van der Waals surface area contributed by atoms with Crippen molar-refractivity contribution in [3.8, 4) is 11.8 Å². The highest BCUT2D eigenvalue weighted by Gasteiger charge is 2.35. The van der Waals surface area contributed by atoms with Crippen LogP contribution in [0.3, 0.4) is 0 Å². The number of likely N-dealkylation sites (N-methyl/N-ethyl adjacent to an activating group) is 1. The largest absolute Gasteiger partial charge is 0.416 e. The molecular formula is C27H28F3N7O. The van der Waals surface area contributed by atoms with Gasteiger partial charge in [0.05, 0.1) is 22.4 Å². The molecule has 0 radical (unpaired) electrons. The number of hydrogen-bond acceptors (Lipinski definition) is 7. The number of anilines is 2. The summed E-state index contributed by atoms with van der Waals surface area (Å²) in [7, 11) is 3.95. The number of benzene rings is 1. The second kappa shape index (κ2) is 11.2. The molecule has 198 valence electrons. The Kier molecular flexibility index (Phi) is 7.94. The second-order valence-corrected chi connectivity index (χ2v) is 9.40. The Labute approximate surface area is 219 Å². The van der Waals surface area contributed by atoms with Crippen LogP contribution in [0.2, 0.25) is 0 Å². The summed E-state index contributed by atoms with van der Waals surface area (Å²) in [5.74, 6) is 5.33. The molecule has 1 aliphatic rings. The lowest BCUT2D eigenvalue weighted by atomic mass is 10.0. The van der Waals surface area contributed by atoms with E-state index in [4.69, 9.17) is 5.73 Å². The Balaban J connectivity index is 1.52. The van der Waals surface area contributed by atoms with Crippen molar-refractivity contribution in [1.29, 1.82) is 0 Å². The van der Waals surface area contributed by atoms with E-state index in [1.165, 1.54) is 36.8 Å². The van der Waals surface area contributed by atoms with Gasteiger partial charge in [-0.1, -0.05) is 17.9 Å². The van der Waals surface area contributed by atoms with Crippen LogP contribution in [0, 0.1) is 18.8 Å². The van der Waals surface area contributed by atoms with Crippen molar-refractivity contribution in [2.45, 2.75) is 32.1 Å². The molecule has 11 heteroatoms. The predicted octanol–water partition coefficient (Wildman–Crippen LogP) is 3.57. The lowest BCUT2D eigenvalue weighted by Gasteiger charge is -2.22. The molecule has 0 unspecified atom stereocenters. The third kappa shape index (κ3) is 6.65. The SMILES string of the molecule is Cc1ncc(C(=O)Nc2ccc(CN3CC[C@H](N(C)C)C3)c(C(F)(F)F)c2)cc1C#Cc1cnc(N)nc1. The first-order valence-electron chi connectivity index (χ1n) is 12.0. The van der Waals surface area contributed by atoms with Crippen LogP contribution in [0.1, 0.15) is 44.7 Å². The maximum atomic E-state index is 13.9. The van der Waals surface area contributed by atoms with Crippen molar-refractivity contribution in [3.63, 3.8) is 0 Å². The van der Waals surface area contributed by atoms with Gasteiger partial charge in [0.2, 0.25) is 5.95 Å². The fourth-order valence-corrected chi connectivity index (χ4v) is 4.20. The van der Waals surface area contributed by atoms with E-state index in [9.17, 15) is 18.0 Å². The highest BCUT2D eigenvalue weighted by atomic mass is 19.4. The molecule has 0 saturated carbocycles. The van der Waals surface area contributed by atoms with Crippen molar-refractivity contribution >= 4 is 17.5 Å². The average Bonchev–Trinajstić information content (AvgIpc) is 3.34. The summed E-state index contributed by atoms with van der Waals surface area (Å²) in [5.41, 5.74) is 6.71. The zero-order chi connectivity index (χ0) is 27.4. The average molecular weight is 524 g/mol. The number of carbonyl (C=O) groups is 1. The van der Waals surface area contributed by atoms with Gasteiger partial charge in [-0.05, 0) is 51.2 Å². The number of aromatic nitrogens is 3. The molecule has 0 aliphatic carbocycles. The number of alkyl halides is 3. The number of nitrogens with one attached hydrogen (secondary N) is 1. The standard InChI is InChI=1S/C27H28F3N7O/c1-17-19(5-4-18-12-33-26(31)34-13-18)10-21(14-32-17)25(38)35-22-7-6-20(24(11-22)27(28,29)30)15-37-9-8-23(16-37)36(2)3/h6-7,10-14,23H,8-9,15-16H2,1-3H3,(H,35,38)(H2,31,33,34)/t23-/m0/s1. The molecule has 1 atom stereocenters. The number of nitrogens with two attached hydrogens (primary N) is 1. The minimum absolute atomic E-state index is 0.0471. The smallest absolute Gasteiger partial charge is 0.368 e. The fourth-order valence-electron chi connectivity index (χ4n) is 4.20. The molecule has 0 bridgehead atoms. The Morgan fingerprint density at radius 1 is 1.16 bits per heavy atom. The minimum Gasteiger partial charge on any atom is -0.368 e. The summed E-state index contributed by atoms with van der Waals surface area (Å²) in [6.07, 6.45) is 0.654. The summed E-state index contributed by atoms with van der Waals surface area (Å²) >= 11 is 0. The molecule has 3 aromatic rings. The number of rotatable bonds is 5. The molecule has 3 N–H and O–H groups in total. The summed E-state index contributed by atoms with van der Waals surface area (Å²) < 4.78 is 41.8. The molecule has 8 nitrogen and oxygen atoms in total. The van der Waals surface area contributed by atoms with Crippen molar-refractivity contribution in [1.82, 2.24) is 24.8 Å². The molecule has 3 heterocycles. The lowest BCUT2D eigenvalue weighted by Crippen LogP contribution is -2.31. The highest BCUT2D eigenvalue weighted by molar-refractivity contribution is 6.04. The summed E-state index contributed by atoms with van der Waals surface area (Å²) in [6, 6.07) is 5.76. The van der Waals surface area contributed by atoms with Crippen LogP contribution < -0.4 is 11.1 Å². The molecule has 4 rings (SSSR count). The topological polar surface area (TPSA) is 100 Å². The molecule has 1 aromatic carbocycles. The third-order valence-corrected chi connectivity index (χ3v) is 6.41. The molecule has 38 heavy (non-hydrogen) atoms. The van der Waals surface area contributed by atoms with Crippen LogP contribution in [0.5, 0.6) is 0 Å². The molecule has 1 saturated heterocycles. The van der Waals surface area contributed by atoms with Crippen molar-refractivity contribution in [2.75, 3.05) is 38.2 Å². The van der Waals surface area contributed by atoms with E-state index in [1.54, 1.807) is 6.92 Å². The van der Waals surface area contributed by atoms with Crippen molar-refractivity contribution < 1.29 is 18.0 Å². The monoisotopic (exact) mass is 523 g/mol. The summed E-state index contributed by atoms with van der Waals surface area (Å²) in [6.45, 7) is 3.37. The normalized spacial score (nSPS) is 15.8. The summed E-state index contributed by atoms with van der Waals surface area (Å²) in [5, 5.41) is 2.56. The predicted molar refractivity (Wildman–Crippen MR) is 138 cm³/mol. The van der Waals surface area contributed by atoms with Crippen LogP contribution >= 0.6 is 0 Å². The van der Waals surface area contributed by atoms with Crippen molar-refractivity contribution in [3.05, 3.63) is 76.4 Å². The Morgan fingerprint density at radius 2 is 1.89 bits per heavy atom. The van der Waals surface area contributed by atoms with E-state index in [0.717, 1.165) is 19.0 Å². The lowest BCUT2D eigenvalue weighted by molar-refractivity contribution is -0.138.